The van der Waals surface area contributed by atoms with Crippen LogP contribution in [-0.2, 0) is 20.9 Å². The molecule has 0 saturated heterocycles. The first kappa shape index (κ1) is 17.4. The first-order chi connectivity index (χ1) is 10.8. The number of aromatic nitrogens is 1. The molecule has 124 valence electrons. The zero-order chi connectivity index (χ0) is 17.1. The van der Waals surface area contributed by atoms with Crippen LogP contribution in [0.25, 0.3) is 10.2 Å². The number of esters is 1. The molecule has 0 aliphatic heterocycles. The van der Waals surface area contributed by atoms with Crippen LogP contribution in [0, 0.1) is 19.8 Å². The van der Waals surface area contributed by atoms with E-state index in [0.29, 0.717) is 11.2 Å². The van der Waals surface area contributed by atoms with E-state index in [4.69, 9.17) is 4.74 Å². The molecule has 1 aromatic heterocycles. The number of amides is 1. The molecular weight excluding hydrogens is 312 g/mol. The molecule has 0 unspecified atom stereocenters. The summed E-state index contributed by atoms with van der Waals surface area (Å²) in [6.45, 7) is 8.04. The summed E-state index contributed by atoms with van der Waals surface area (Å²) in [6, 6.07) is 4.09. The molecule has 0 aliphatic carbocycles. The van der Waals surface area contributed by atoms with Gasteiger partial charge in [0.2, 0.25) is 5.91 Å². The Morgan fingerprint density at radius 2 is 2.00 bits per heavy atom. The molecule has 0 saturated carbocycles. The van der Waals surface area contributed by atoms with E-state index in [1.54, 1.807) is 4.57 Å². The summed E-state index contributed by atoms with van der Waals surface area (Å²) >= 11 is 1.43. The summed E-state index contributed by atoms with van der Waals surface area (Å²) in [7, 11) is 1.36. The number of ether oxygens (including phenoxy) is 1. The van der Waals surface area contributed by atoms with Gasteiger partial charge in [-0.3, -0.25) is 9.59 Å². The number of benzene rings is 1. The standard InChI is InChI=1S/C17H22N2O3S/c1-10(2)6-14(20)18-17-19(9-15(21)22-5)13-8-11(3)7-12(4)16(13)23-17/h7-8,10H,6,9H2,1-5H3. The summed E-state index contributed by atoms with van der Waals surface area (Å²) in [4.78, 5) is 28.6. The molecule has 2 rings (SSSR count). The fourth-order valence-corrected chi connectivity index (χ4v) is 3.54. The van der Waals surface area contributed by atoms with Crippen molar-refractivity contribution in [3.8, 4) is 0 Å². The fraction of sp³-hybridized carbons (Fsp3) is 0.471. The minimum absolute atomic E-state index is 0.0488. The van der Waals surface area contributed by atoms with Crippen LogP contribution < -0.4 is 4.80 Å². The predicted octanol–water partition coefficient (Wildman–Crippen LogP) is 2.97. The monoisotopic (exact) mass is 334 g/mol. The van der Waals surface area contributed by atoms with E-state index in [-0.39, 0.29) is 24.3 Å². The lowest BCUT2D eigenvalue weighted by atomic mass is 10.1. The van der Waals surface area contributed by atoms with E-state index in [2.05, 4.69) is 11.1 Å². The zero-order valence-electron chi connectivity index (χ0n) is 14.2. The molecule has 0 fully saturated rings. The van der Waals surface area contributed by atoms with Crippen molar-refractivity contribution in [3.05, 3.63) is 28.1 Å². The highest BCUT2D eigenvalue weighted by molar-refractivity contribution is 7.16. The molecule has 0 spiro atoms. The van der Waals surface area contributed by atoms with Crippen LogP contribution in [0.4, 0.5) is 0 Å². The molecule has 0 N–H and O–H groups in total. The Morgan fingerprint density at radius 3 is 2.61 bits per heavy atom. The van der Waals surface area contributed by atoms with Gasteiger partial charge < -0.3 is 9.30 Å². The Labute approximate surface area is 139 Å². The molecule has 1 aromatic carbocycles. The Bertz CT molecular complexity index is 815. The smallest absolute Gasteiger partial charge is 0.325 e. The Balaban J connectivity index is 2.65. The van der Waals surface area contributed by atoms with Gasteiger partial charge in [-0.1, -0.05) is 31.3 Å². The van der Waals surface area contributed by atoms with E-state index in [1.807, 2.05) is 33.8 Å². The molecule has 23 heavy (non-hydrogen) atoms. The van der Waals surface area contributed by atoms with Gasteiger partial charge in [-0.25, -0.2) is 0 Å². The van der Waals surface area contributed by atoms with Crippen molar-refractivity contribution in [3.63, 3.8) is 0 Å². The molecule has 0 atom stereocenters. The van der Waals surface area contributed by atoms with Gasteiger partial charge in [-0.05, 0) is 37.0 Å². The highest BCUT2D eigenvalue weighted by Gasteiger charge is 2.14. The molecular formula is C17H22N2O3S. The maximum absolute atomic E-state index is 12.1. The van der Waals surface area contributed by atoms with Gasteiger partial charge in [0.1, 0.15) is 6.54 Å². The van der Waals surface area contributed by atoms with Crippen molar-refractivity contribution in [2.24, 2.45) is 10.9 Å². The summed E-state index contributed by atoms with van der Waals surface area (Å²) in [5.74, 6) is -0.278. The number of hydrogen-bond acceptors (Lipinski definition) is 4. The second-order valence-corrected chi connectivity index (χ2v) is 7.06. The molecule has 1 heterocycles. The van der Waals surface area contributed by atoms with Gasteiger partial charge in [0.15, 0.2) is 4.80 Å². The molecule has 1 amide bonds. The molecule has 0 radical (unpaired) electrons. The Hall–Kier alpha value is -1.95. The lowest BCUT2D eigenvalue weighted by molar-refractivity contribution is -0.141. The average molecular weight is 334 g/mol. The first-order valence-corrected chi connectivity index (χ1v) is 8.38. The molecule has 5 nitrogen and oxygen atoms in total. The lowest BCUT2D eigenvalue weighted by Crippen LogP contribution is -2.22. The van der Waals surface area contributed by atoms with Crippen LogP contribution in [0.5, 0.6) is 0 Å². The first-order valence-electron chi connectivity index (χ1n) is 7.56. The number of fused-ring (bicyclic) bond motifs is 1. The van der Waals surface area contributed by atoms with Crippen molar-refractivity contribution in [1.29, 1.82) is 0 Å². The van der Waals surface area contributed by atoms with Crippen molar-refractivity contribution in [2.45, 2.75) is 40.7 Å². The number of nitrogens with zero attached hydrogens (tertiary/aromatic N) is 2. The minimum Gasteiger partial charge on any atom is -0.468 e. The third kappa shape index (κ3) is 4.07. The molecule has 2 aromatic rings. The van der Waals surface area contributed by atoms with E-state index < -0.39 is 0 Å². The number of carbonyl (C=O) groups excluding carboxylic acids is 2. The molecule has 0 bridgehead atoms. The van der Waals surface area contributed by atoms with E-state index in [1.165, 1.54) is 18.4 Å². The normalized spacial score (nSPS) is 12.2. The number of aryl methyl sites for hydroxylation is 2. The fourth-order valence-electron chi connectivity index (χ4n) is 2.45. The summed E-state index contributed by atoms with van der Waals surface area (Å²) in [5, 5.41) is 0. The Morgan fingerprint density at radius 1 is 1.30 bits per heavy atom. The highest BCUT2D eigenvalue weighted by atomic mass is 32.1. The van der Waals surface area contributed by atoms with Crippen LogP contribution in [0.1, 0.15) is 31.4 Å². The van der Waals surface area contributed by atoms with Crippen LogP contribution in [-0.4, -0.2) is 23.6 Å². The third-order valence-corrected chi connectivity index (χ3v) is 4.66. The van der Waals surface area contributed by atoms with Crippen molar-refractivity contribution in [2.75, 3.05) is 7.11 Å². The van der Waals surface area contributed by atoms with Gasteiger partial charge in [0.05, 0.1) is 17.3 Å². The largest absolute Gasteiger partial charge is 0.468 e. The average Bonchev–Trinajstić information content (AvgIpc) is 2.76. The quantitative estimate of drug-likeness (QED) is 0.808. The van der Waals surface area contributed by atoms with Gasteiger partial charge in [0, 0.05) is 6.42 Å². The van der Waals surface area contributed by atoms with Gasteiger partial charge in [0.25, 0.3) is 0 Å². The topological polar surface area (TPSA) is 60.7 Å². The maximum Gasteiger partial charge on any atom is 0.325 e. The highest BCUT2D eigenvalue weighted by Crippen LogP contribution is 2.23. The van der Waals surface area contributed by atoms with E-state index in [0.717, 1.165) is 21.3 Å². The van der Waals surface area contributed by atoms with Crippen molar-refractivity contribution in [1.82, 2.24) is 4.57 Å². The van der Waals surface area contributed by atoms with E-state index in [9.17, 15) is 9.59 Å². The van der Waals surface area contributed by atoms with Crippen molar-refractivity contribution < 1.29 is 14.3 Å². The number of rotatable bonds is 4. The summed E-state index contributed by atoms with van der Waals surface area (Å²) in [5.41, 5.74) is 3.13. The molecule has 6 heteroatoms. The second kappa shape index (κ2) is 7.08. The van der Waals surface area contributed by atoms with Crippen LogP contribution in [0.15, 0.2) is 17.1 Å². The lowest BCUT2D eigenvalue weighted by Gasteiger charge is -2.05. The van der Waals surface area contributed by atoms with Crippen LogP contribution in [0.2, 0.25) is 0 Å². The second-order valence-electron chi connectivity index (χ2n) is 6.08. The van der Waals surface area contributed by atoms with Crippen LogP contribution >= 0.6 is 11.3 Å². The summed E-state index contributed by atoms with van der Waals surface area (Å²) in [6.07, 6.45) is 0.393. The van der Waals surface area contributed by atoms with Crippen LogP contribution in [0.3, 0.4) is 0 Å². The Kier molecular flexibility index (Phi) is 5.36. The predicted molar refractivity (Wildman–Crippen MR) is 91.3 cm³/mol. The number of hydrogen-bond donors (Lipinski definition) is 0. The summed E-state index contributed by atoms with van der Waals surface area (Å²) < 4.78 is 7.58. The third-order valence-electron chi connectivity index (χ3n) is 3.43. The van der Waals surface area contributed by atoms with Gasteiger partial charge in [-0.15, -0.1) is 0 Å². The molecule has 0 aliphatic rings. The van der Waals surface area contributed by atoms with E-state index >= 15 is 0 Å². The maximum atomic E-state index is 12.1. The zero-order valence-corrected chi connectivity index (χ0v) is 15.0. The number of carbonyl (C=O) groups is 2. The number of methoxy groups -OCH3 is 1. The minimum atomic E-state index is -0.360. The van der Waals surface area contributed by atoms with Crippen molar-refractivity contribution >= 4 is 33.4 Å². The number of thiazole rings is 1. The van der Waals surface area contributed by atoms with Gasteiger partial charge in [-0.2, -0.15) is 4.99 Å². The van der Waals surface area contributed by atoms with Gasteiger partial charge >= 0.3 is 5.97 Å². The SMILES string of the molecule is COC(=O)Cn1c(=NC(=O)CC(C)C)sc2c(C)cc(C)cc21.